The smallest absolute Gasteiger partial charge is 0.253 e. The van der Waals surface area contributed by atoms with Gasteiger partial charge < -0.3 is 9.64 Å². The van der Waals surface area contributed by atoms with Crippen LogP contribution in [0.15, 0.2) is 46.9 Å². The van der Waals surface area contributed by atoms with Gasteiger partial charge in [-0.1, -0.05) is 34.1 Å². The summed E-state index contributed by atoms with van der Waals surface area (Å²) in [5.41, 5.74) is 4.14. The first-order valence-corrected chi connectivity index (χ1v) is 7.62. The molecule has 2 aromatic rings. The molecule has 0 fully saturated rings. The summed E-state index contributed by atoms with van der Waals surface area (Å²) < 4.78 is 6.43. The van der Waals surface area contributed by atoms with E-state index in [1.807, 2.05) is 49.5 Å². The van der Waals surface area contributed by atoms with Crippen molar-refractivity contribution < 1.29 is 9.53 Å². The lowest BCUT2D eigenvalue weighted by Gasteiger charge is -2.18. The van der Waals surface area contributed by atoms with Gasteiger partial charge in [0.25, 0.3) is 5.91 Å². The number of carbonyl (C=O) groups excluding carboxylic acids is 1. The molecule has 1 aliphatic rings. The summed E-state index contributed by atoms with van der Waals surface area (Å²) in [6.07, 6.45) is 0. The fourth-order valence-electron chi connectivity index (χ4n) is 2.46. The Morgan fingerprint density at radius 2 is 1.86 bits per heavy atom. The summed E-state index contributed by atoms with van der Waals surface area (Å²) in [6.45, 7) is 1.85. The number of benzene rings is 2. The van der Waals surface area contributed by atoms with Crippen LogP contribution in [0.5, 0.6) is 0 Å². The topological polar surface area (TPSA) is 29.5 Å². The van der Waals surface area contributed by atoms with E-state index in [0.717, 1.165) is 21.2 Å². The molecule has 2 aromatic carbocycles. The first-order chi connectivity index (χ1) is 10.1. The summed E-state index contributed by atoms with van der Waals surface area (Å²) in [6, 6.07) is 13.8. The Morgan fingerprint density at radius 3 is 2.62 bits per heavy atom. The third kappa shape index (κ3) is 3.17. The lowest BCUT2D eigenvalue weighted by Crippen LogP contribution is -2.26. The van der Waals surface area contributed by atoms with Gasteiger partial charge in [0.2, 0.25) is 0 Å². The molecule has 1 heterocycles. The third-order valence-corrected chi connectivity index (χ3v) is 4.18. The van der Waals surface area contributed by atoms with Crippen LogP contribution in [0.4, 0.5) is 0 Å². The van der Waals surface area contributed by atoms with E-state index in [0.29, 0.717) is 19.8 Å². The van der Waals surface area contributed by atoms with Gasteiger partial charge in [-0.3, -0.25) is 4.79 Å². The highest BCUT2D eigenvalue weighted by Crippen LogP contribution is 2.22. The molecule has 0 saturated heterocycles. The number of hydrogen-bond donors (Lipinski definition) is 0. The summed E-state index contributed by atoms with van der Waals surface area (Å²) in [4.78, 5) is 14.2. The van der Waals surface area contributed by atoms with E-state index in [-0.39, 0.29) is 5.91 Å². The first kappa shape index (κ1) is 14.3. The Kier molecular flexibility index (Phi) is 4.08. The van der Waals surface area contributed by atoms with Gasteiger partial charge in [0.1, 0.15) is 0 Å². The summed E-state index contributed by atoms with van der Waals surface area (Å²) in [7, 11) is 1.83. The van der Waals surface area contributed by atoms with E-state index >= 15 is 0 Å². The molecule has 0 bridgehead atoms. The number of amides is 1. The molecule has 21 heavy (non-hydrogen) atoms. The van der Waals surface area contributed by atoms with Crippen molar-refractivity contribution >= 4 is 21.8 Å². The maximum absolute atomic E-state index is 12.5. The van der Waals surface area contributed by atoms with Crippen LogP contribution < -0.4 is 0 Å². The SMILES string of the molecule is CN(Cc1ccc(Br)cc1)C(=O)c1ccc2c(c1)COC2. The molecule has 0 radical (unpaired) electrons. The molecule has 0 aromatic heterocycles. The highest BCUT2D eigenvalue weighted by Gasteiger charge is 2.16. The molecule has 0 N–H and O–H groups in total. The molecule has 0 spiro atoms. The largest absolute Gasteiger partial charge is 0.372 e. The minimum Gasteiger partial charge on any atom is -0.372 e. The molecule has 4 heteroatoms. The second-order valence-corrected chi connectivity index (χ2v) is 6.18. The van der Waals surface area contributed by atoms with E-state index in [4.69, 9.17) is 4.74 Å². The van der Waals surface area contributed by atoms with Gasteiger partial charge in [0.05, 0.1) is 13.2 Å². The van der Waals surface area contributed by atoms with Crippen LogP contribution in [0.1, 0.15) is 27.0 Å². The van der Waals surface area contributed by atoms with Crippen molar-refractivity contribution in [1.29, 1.82) is 0 Å². The van der Waals surface area contributed by atoms with Gasteiger partial charge in [0, 0.05) is 23.6 Å². The fraction of sp³-hybridized carbons (Fsp3) is 0.235. The van der Waals surface area contributed by atoms with Crippen molar-refractivity contribution in [2.75, 3.05) is 7.05 Å². The van der Waals surface area contributed by atoms with Crippen molar-refractivity contribution in [2.24, 2.45) is 0 Å². The number of carbonyl (C=O) groups is 1. The number of nitrogens with zero attached hydrogens (tertiary/aromatic N) is 1. The lowest BCUT2D eigenvalue weighted by atomic mass is 10.1. The number of fused-ring (bicyclic) bond motifs is 1. The molecule has 0 aliphatic carbocycles. The Hall–Kier alpha value is -1.65. The Labute approximate surface area is 132 Å². The normalized spacial score (nSPS) is 13.0. The van der Waals surface area contributed by atoms with Crippen molar-refractivity contribution in [3.05, 3.63) is 69.2 Å². The molecular weight excluding hydrogens is 330 g/mol. The summed E-state index contributed by atoms with van der Waals surface area (Å²) in [5, 5.41) is 0. The molecule has 0 atom stereocenters. The van der Waals surface area contributed by atoms with Crippen LogP contribution in [0.2, 0.25) is 0 Å². The van der Waals surface area contributed by atoms with Gasteiger partial charge >= 0.3 is 0 Å². The number of rotatable bonds is 3. The molecule has 1 aliphatic heterocycles. The van der Waals surface area contributed by atoms with E-state index < -0.39 is 0 Å². The minimum atomic E-state index is 0.0348. The zero-order valence-corrected chi connectivity index (χ0v) is 13.4. The predicted molar refractivity (Wildman–Crippen MR) is 84.9 cm³/mol. The van der Waals surface area contributed by atoms with Gasteiger partial charge in [-0.2, -0.15) is 0 Å². The Bertz CT molecular complexity index is 667. The highest BCUT2D eigenvalue weighted by atomic mass is 79.9. The summed E-state index contributed by atoms with van der Waals surface area (Å²) >= 11 is 3.41. The van der Waals surface area contributed by atoms with Gasteiger partial charge in [-0.25, -0.2) is 0 Å². The van der Waals surface area contributed by atoms with Crippen molar-refractivity contribution in [3.63, 3.8) is 0 Å². The van der Waals surface area contributed by atoms with E-state index in [1.54, 1.807) is 4.90 Å². The molecular formula is C17H16BrNO2. The fourth-order valence-corrected chi connectivity index (χ4v) is 2.73. The number of halogens is 1. The maximum atomic E-state index is 12.5. The minimum absolute atomic E-state index is 0.0348. The van der Waals surface area contributed by atoms with Gasteiger partial charge in [-0.15, -0.1) is 0 Å². The molecule has 108 valence electrons. The van der Waals surface area contributed by atoms with Crippen LogP contribution in [0.3, 0.4) is 0 Å². The quantitative estimate of drug-likeness (QED) is 0.847. The van der Waals surface area contributed by atoms with Gasteiger partial charge in [-0.05, 0) is 41.0 Å². The third-order valence-electron chi connectivity index (χ3n) is 3.65. The standard InChI is InChI=1S/C17H16BrNO2/c1-19(9-12-2-6-16(18)7-3-12)17(20)13-4-5-14-10-21-11-15(14)8-13/h2-8H,9-11H2,1H3. The predicted octanol–water partition coefficient (Wildman–Crippen LogP) is 3.75. The van der Waals surface area contributed by atoms with Gasteiger partial charge in [0.15, 0.2) is 0 Å². The first-order valence-electron chi connectivity index (χ1n) is 6.83. The number of hydrogen-bond acceptors (Lipinski definition) is 2. The zero-order chi connectivity index (χ0) is 14.8. The van der Waals surface area contributed by atoms with Crippen LogP contribution in [0.25, 0.3) is 0 Å². The van der Waals surface area contributed by atoms with E-state index in [2.05, 4.69) is 15.9 Å². The Morgan fingerprint density at radius 1 is 1.14 bits per heavy atom. The van der Waals surface area contributed by atoms with Crippen molar-refractivity contribution in [1.82, 2.24) is 4.90 Å². The molecule has 1 amide bonds. The highest BCUT2D eigenvalue weighted by molar-refractivity contribution is 9.10. The second-order valence-electron chi connectivity index (χ2n) is 5.26. The molecule has 3 nitrogen and oxygen atoms in total. The average molecular weight is 346 g/mol. The molecule has 0 unspecified atom stereocenters. The van der Waals surface area contributed by atoms with Crippen LogP contribution in [0, 0.1) is 0 Å². The zero-order valence-electron chi connectivity index (χ0n) is 11.8. The van der Waals surface area contributed by atoms with E-state index in [1.165, 1.54) is 5.56 Å². The van der Waals surface area contributed by atoms with Crippen molar-refractivity contribution in [2.45, 2.75) is 19.8 Å². The van der Waals surface area contributed by atoms with Crippen LogP contribution in [-0.2, 0) is 24.5 Å². The maximum Gasteiger partial charge on any atom is 0.253 e. The average Bonchev–Trinajstić information content (AvgIpc) is 2.96. The van der Waals surface area contributed by atoms with E-state index in [9.17, 15) is 4.79 Å². The second kappa shape index (κ2) is 6.00. The lowest BCUT2D eigenvalue weighted by molar-refractivity contribution is 0.0785. The van der Waals surface area contributed by atoms with Crippen LogP contribution >= 0.6 is 15.9 Å². The number of ether oxygens (including phenoxy) is 1. The molecule has 3 rings (SSSR count). The molecule has 0 saturated carbocycles. The Balaban J connectivity index is 1.73. The van der Waals surface area contributed by atoms with Crippen molar-refractivity contribution in [3.8, 4) is 0 Å². The monoisotopic (exact) mass is 345 g/mol. The summed E-state index contributed by atoms with van der Waals surface area (Å²) in [5.74, 6) is 0.0348. The van der Waals surface area contributed by atoms with Crippen LogP contribution in [-0.4, -0.2) is 17.9 Å².